The fourth-order valence-corrected chi connectivity index (χ4v) is 2.64. The second-order valence-corrected chi connectivity index (χ2v) is 6.90. The number of nitrogens with zero attached hydrogens (tertiary/aromatic N) is 4. The topological polar surface area (TPSA) is 90.8 Å². The molecule has 3 N–H and O–H groups in total. The molecule has 0 aliphatic carbocycles. The highest BCUT2D eigenvalue weighted by molar-refractivity contribution is 6.00. The van der Waals surface area contributed by atoms with Crippen LogP contribution in [0.3, 0.4) is 0 Å². The molecule has 7 nitrogen and oxygen atoms in total. The second kappa shape index (κ2) is 5.45. The lowest BCUT2D eigenvalue weighted by Crippen LogP contribution is -2.30. The molecule has 1 aromatic carbocycles. The number of aryl methyl sites for hydroxylation is 2. The Kier molecular flexibility index (Phi) is 3.68. The van der Waals surface area contributed by atoms with E-state index in [-0.39, 0.29) is 11.4 Å². The van der Waals surface area contributed by atoms with Gasteiger partial charge in [0, 0.05) is 18.8 Å². The third-order valence-corrected chi connectivity index (χ3v) is 4.16. The minimum Gasteiger partial charge on any atom is -0.331 e. The third kappa shape index (κ3) is 2.56. The minimum absolute atomic E-state index is 0.242. The number of nitrogens with two attached hydrogens (primary N) is 1. The number of aromatic nitrogens is 4. The molecule has 7 heteroatoms. The first-order chi connectivity index (χ1) is 11.2. The van der Waals surface area contributed by atoms with Gasteiger partial charge in [0.15, 0.2) is 0 Å². The maximum absolute atomic E-state index is 12.2. The molecular formula is C17H22N6O. The van der Waals surface area contributed by atoms with E-state index in [1.165, 1.54) is 0 Å². The number of fused-ring (bicyclic) bond motifs is 1. The van der Waals surface area contributed by atoms with Crippen LogP contribution in [-0.2, 0) is 12.6 Å². The molecule has 2 heterocycles. The highest BCUT2D eigenvalue weighted by Crippen LogP contribution is 2.28. The van der Waals surface area contributed by atoms with Crippen molar-refractivity contribution < 1.29 is 4.79 Å². The van der Waals surface area contributed by atoms with Crippen LogP contribution in [0, 0.1) is 6.92 Å². The van der Waals surface area contributed by atoms with E-state index in [0.717, 1.165) is 22.4 Å². The number of hydrogen-bond acceptors (Lipinski definition) is 4. The van der Waals surface area contributed by atoms with E-state index in [9.17, 15) is 4.79 Å². The Hall–Kier alpha value is -2.67. The van der Waals surface area contributed by atoms with E-state index in [1.807, 2.05) is 57.5 Å². The van der Waals surface area contributed by atoms with Crippen LogP contribution in [0.1, 0.15) is 37.0 Å². The summed E-state index contributed by atoms with van der Waals surface area (Å²) in [6, 6.07) is 5.89. The van der Waals surface area contributed by atoms with E-state index in [0.29, 0.717) is 11.3 Å². The highest BCUT2D eigenvalue weighted by Gasteiger charge is 2.23. The number of carbonyl (C=O) groups is 1. The van der Waals surface area contributed by atoms with Crippen molar-refractivity contribution in [1.29, 1.82) is 0 Å². The minimum atomic E-state index is -0.363. The lowest BCUT2D eigenvalue weighted by atomic mass is 10.1. The molecule has 0 fully saturated rings. The maximum atomic E-state index is 12.2. The van der Waals surface area contributed by atoms with Crippen LogP contribution in [0.25, 0.3) is 22.3 Å². The summed E-state index contributed by atoms with van der Waals surface area (Å²) in [7, 11) is 1.98. The quantitative estimate of drug-likeness (QED) is 0.429. The van der Waals surface area contributed by atoms with Gasteiger partial charge < -0.3 is 4.57 Å². The zero-order valence-corrected chi connectivity index (χ0v) is 14.6. The van der Waals surface area contributed by atoms with Crippen molar-refractivity contribution in [3.05, 3.63) is 35.8 Å². The molecule has 0 spiro atoms. The van der Waals surface area contributed by atoms with Gasteiger partial charge in [-0.2, -0.15) is 5.10 Å². The zero-order valence-electron chi connectivity index (χ0n) is 14.6. The van der Waals surface area contributed by atoms with E-state index in [2.05, 4.69) is 15.5 Å². The molecule has 3 rings (SSSR count). The molecule has 0 bridgehead atoms. The summed E-state index contributed by atoms with van der Waals surface area (Å²) in [5.74, 6) is 5.90. The fourth-order valence-electron chi connectivity index (χ4n) is 2.64. The number of benzene rings is 1. The van der Waals surface area contributed by atoms with E-state index < -0.39 is 0 Å². The summed E-state index contributed by atoms with van der Waals surface area (Å²) in [4.78, 5) is 16.7. The molecule has 0 saturated heterocycles. The Morgan fingerprint density at radius 2 is 2.00 bits per heavy atom. The molecule has 0 saturated carbocycles. The number of rotatable bonds is 2. The number of carbonyl (C=O) groups excluding carboxylic acids is 1. The van der Waals surface area contributed by atoms with Crippen molar-refractivity contribution >= 4 is 16.9 Å². The number of imidazole rings is 1. The van der Waals surface area contributed by atoms with Gasteiger partial charge in [0.1, 0.15) is 11.5 Å². The number of hydrogen-bond donors (Lipinski definition) is 2. The van der Waals surface area contributed by atoms with Crippen LogP contribution >= 0.6 is 0 Å². The molecule has 2 aromatic heterocycles. The standard InChI is InChI=1S/C17H22N6O/c1-10-19-13-8-11(6-7-14(13)22(10)5)15-12(16(24)20-18)9-23(21-15)17(2,3)4/h6-9H,18H2,1-5H3,(H,20,24). The summed E-state index contributed by atoms with van der Waals surface area (Å²) in [5.41, 5.74) is 5.74. The van der Waals surface area contributed by atoms with Gasteiger partial charge in [-0.1, -0.05) is 6.07 Å². The van der Waals surface area contributed by atoms with Crippen LogP contribution < -0.4 is 11.3 Å². The lowest BCUT2D eigenvalue weighted by Gasteiger charge is -2.18. The van der Waals surface area contributed by atoms with E-state index in [1.54, 1.807) is 10.9 Å². The summed E-state index contributed by atoms with van der Waals surface area (Å²) in [6.45, 7) is 8.04. The number of amides is 1. The first kappa shape index (κ1) is 16.2. The van der Waals surface area contributed by atoms with Crippen molar-refractivity contribution in [3.8, 4) is 11.3 Å². The van der Waals surface area contributed by atoms with Crippen LogP contribution in [0.15, 0.2) is 24.4 Å². The summed E-state index contributed by atoms with van der Waals surface area (Å²) < 4.78 is 3.81. The number of nitrogen functional groups attached to an aromatic ring is 1. The van der Waals surface area contributed by atoms with Crippen LogP contribution in [0.5, 0.6) is 0 Å². The fraction of sp³-hybridized carbons (Fsp3) is 0.353. The second-order valence-electron chi connectivity index (χ2n) is 6.90. The summed E-state index contributed by atoms with van der Waals surface area (Å²) >= 11 is 0. The maximum Gasteiger partial charge on any atom is 0.269 e. The zero-order chi connectivity index (χ0) is 17.6. The van der Waals surface area contributed by atoms with E-state index >= 15 is 0 Å². The van der Waals surface area contributed by atoms with Crippen molar-refractivity contribution in [2.24, 2.45) is 12.9 Å². The molecule has 126 valence electrons. The molecule has 24 heavy (non-hydrogen) atoms. The normalized spacial score (nSPS) is 11.9. The van der Waals surface area contributed by atoms with Gasteiger partial charge in [0.05, 0.1) is 22.1 Å². The summed E-state index contributed by atoms with van der Waals surface area (Å²) in [5, 5.41) is 4.62. The van der Waals surface area contributed by atoms with Crippen LogP contribution in [-0.4, -0.2) is 25.2 Å². The molecule has 1 amide bonds. The molecular weight excluding hydrogens is 304 g/mol. The summed E-state index contributed by atoms with van der Waals surface area (Å²) in [6.07, 6.45) is 1.73. The Morgan fingerprint density at radius 1 is 1.29 bits per heavy atom. The smallest absolute Gasteiger partial charge is 0.269 e. The molecule has 3 aromatic rings. The molecule has 0 radical (unpaired) electrons. The van der Waals surface area contributed by atoms with Crippen molar-refractivity contribution in [2.45, 2.75) is 33.2 Å². The first-order valence-corrected chi connectivity index (χ1v) is 7.77. The largest absolute Gasteiger partial charge is 0.331 e. The molecule has 0 aliphatic heterocycles. The van der Waals surface area contributed by atoms with Crippen molar-refractivity contribution in [1.82, 2.24) is 24.8 Å². The monoisotopic (exact) mass is 326 g/mol. The number of hydrazine groups is 1. The SMILES string of the molecule is Cc1nc2cc(-c3nn(C(C)(C)C)cc3C(=O)NN)ccc2n1C. The Bertz CT molecular complexity index is 929. The highest BCUT2D eigenvalue weighted by atomic mass is 16.2. The average Bonchev–Trinajstić information content (AvgIpc) is 3.09. The van der Waals surface area contributed by atoms with Gasteiger partial charge in [0.25, 0.3) is 5.91 Å². The van der Waals surface area contributed by atoms with Gasteiger partial charge in [-0.05, 0) is 39.8 Å². The van der Waals surface area contributed by atoms with Gasteiger partial charge in [-0.25, -0.2) is 10.8 Å². The average molecular weight is 326 g/mol. The predicted octanol–water partition coefficient (Wildman–Crippen LogP) is 2.10. The molecule has 0 aliphatic rings. The van der Waals surface area contributed by atoms with Gasteiger partial charge in [-0.15, -0.1) is 0 Å². The van der Waals surface area contributed by atoms with E-state index in [4.69, 9.17) is 5.84 Å². The Morgan fingerprint density at radius 3 is 2.62 bits per heavy atom. The first-order valence-electron chi connectivity index (χ1n) is 7.77. The molecule has 0 atom stereocenters. The Labute approximate surface area is 140 Å². The Balaban J connectivity index is 2.20. The number of nitrogens with one attached hydrogen (secondary N) is 1. The lowest BCUT2D eigenvalue weighted by molar-refractivity contribution is 0.0954. The molecule has 0 unspecified atom stereocenters. The van der Waals surface area contributed by atoms with Crippen LogP contribution in [0.4, 0.5) is 0 Å². The van der Waals surface area contributed by atoms with Gasteiger partial charge in [-0.3, -0.25) is 14.9 Å². The third-order valence-electron chi connectivity index (χ3n) is 4.16. The van der Waals surface area contributed by atoms with Gasteiger partial charge >= 0.3 is 0 Å². The predicted molar refractivity (Wildman–Crippen MR) is 93.3 cm³/mol. The van der Waals surface area contributed by atoms with Crippen molar-refractivity contribution in [3.63, 3.8) is 0 Å². The van der Waals surface area contributed by atoms with Gasteiger partial charge in [0.2, 0.25) is 0 Å². The van der Waals surface area contributed by atoms with Crippen LogP contribution in [0.2, 0.25) is 0 Å². The van der Waals surface area contributed by atoms with Crippen molar-refractivity contribution in [2.75, 3.05) is 0 Å².